The Morgan fingerprint density at radius 2 is 1.94 bits per heavy atom. The fourth-order valence-electron chi connectivity index (χ4n) is 4.79. The smallest absolute Gasteiger partial charge is 0.244 e. The largest absolute Gasteiger partial charge is 0.376 e. The number of nitrogens with one attached hydrogen (secondary N) is 1. The summed E-state index contributed by atoms with van der Waals surface area (Å²) in [5.41, 5.74) is 2.61. The first-order chi connectivity index (χ1) is 15.7. The molecule has 1 unspecified atom stereocenters. The average molecular weight is 443 g/mol. The number of fused-ring (bicyclic) bond motifs is 1. The fourth-order valence-corrected chi connectivity index (χ4v) is 4.79. The number of piperidine rings is 1. The molecule has 1 atom stereocenters. The molecule has 1 amide bonds. The van der Waals surface area contributed by atoms with Crippen LogP contribution in [0.15, 0.2) is 29.3 Å². The lowest BCUT2D eigenvalue weighted by Gasteiger charge is -2.35. The molecular formula is C25H38N4O3. The molecule has 0 radical (unpaired) electrons. The Bertz CT molecular complexity index is 770. The van der Waals surface area contributed by atoms with Gasteiger partial charge in [-0.05, 0) is 56.6 Å². The van der Waals surface area contributed by atoms with Crippen LogP contribution < -0.4 is 5.32 Å². The number of hydrogen-bond donors (Lipinski definition) is 1. The van der Waals surface area contributed by atoms with Crippen molar-refractivity contribution < 1.29 is 14.3 Å². The first-order valence-corrected chi connectivity index (χ1v) is 12.3. The Morgan fingerprint density at radius 1 is 1.12 bits per heavy atom. The number of carbonyl (C=O) groups excluding carboxylic acids is 1. The summed E-state index contributed by atoms with van der Waals surface area (Å²) in [6, 6.07) is 8.40. The van der Waals surface area contributed by atoms with E-state index < -0.39 is 0 Å². The number of likely N-dealkylation sites (tertiary alicyclic amines) is 1. The van der Waals surface area contributed by atoms with Crippen LogP contribution in [-0.4, -0.2) is 79.8 Å². The van der Waals surface area contributed by atoms with E-state index in [1.807, 2.05) is 11.0 Å². The first-order valence-electron chi connectivity index (χ1n) is 12.3. The van der Waals surface area contributed by atoms with E-state index in [1.165, 1.54) is 24.0 Å². The van der Waals surface area contributed by atoms with Gasteiger partial charge in [0.15, 0.2) is 5.96 Å². The van der Waals surface area contributed by atoms with Gasteiger partial charge in [-0.25, -0.2) is 4.99 Å². The maximum atomic E-state index is 12.8. The van der Waals surface area contributed by atoms with E-state index in [4.69, 9.17) is 14.5 Å². The van der Waals surface area contributed by atoms with Crippen LogP contribution in [0.3, 0.4) is 0 Å². The number of nitrogens with zero attached hydrogens (tertiary/aromatic N) is 3. The van der Waals surface area contributed by atoms with Gasteiger partial charge in [0, 0.05) is 39.3 Å². The zero-order valence-corrected chi connectivity index (χ0v) is 19.4. The van der Waals surface area contributed by atoms with Crippen LogP contribution in [0.2, 0.25) is 0 Å². The number of guanidine groups is 1. The van der Waals surface area contributed by atoms with Crippen molar-refractivity contribution in [2.45, 2.75) is 64.2 Å². The molecule has 3 aliphatic rings. The molecule has 0 spiro atoms. The molecule has 0 saturated carbocycles. The Kier molecular flexibility index (Phi) is 8.40. The van der Waals surface area contributed by atoms with Gasteiger partial charge in [0.1, 0.15) is 6.54 Å². The lowest BCUT2D eigenvalue weighted by Crippen LogP contribution is -2.48. The lowest BCUT2D eigenvalue weighted by atomic mass is 10.00. The van der Waals surface area contributed by atoms with Crippen molar-refractivity contribution in [1.29, 1.82) is 0 Å². The van der Waals surface area contributed by atoms with Crippen LogP contribution in [0.1, 0.15) is 50.2 Å². The minimum atomic E-state index is 0.0978. The number of hydrogen-bond acceptors (Lipinski definition) is 4. The molecule has 7 heteroatoms. The molecule has 7 nitrogen and oxygen atoms in total. The molecular weight excluding hydrogens is 404 g/mol. The third kappa shape index (κ3) is 6.23. The average Bonchev–Trinajstić information content (AvgIpc) is 2.86. The van der Waals surface area contributed by atoms with Crippen molar-refractivity contribution in [3.63, 3.8) is 0 Å². The topological polar surface area (TPSA) is 66.4 Å². The summed E-state index contributed by atoms with van der Waals surface area (Å²) in [5.74, 6) is 0.938. The normalized spacial score (nSPS) is 22.5. The third-order valence-electron chi connectivity index (χ3n) is 6.72. The van der Waals surface area contributed by atoms with Crippen LogP contribution in [0.25, 0.3) is 0 Å². The van der Waals surface area contributed by atoms with E-state index in [1.54, 1.807) is 0 Å². The lowest BCUT2D eigenvalue weighted by molar-refractivity contribution is -0.130. The highest BCUT2D eigenvalue weighted by molar-refractivity contribution is 5.85. The number of ether oxygens (including phenoxy) is 2. The van der Waals surface area contributed by atoms with Gasteiger partial charge in [-0.3, -0.25) is 4.79 Å². The van der Waals surface area contributed by atoms with E-state index in [9.17, 15) is 4.79 Å². The standard InChI is InChI=1S/C25H38N4O3/c1-2-26-25(27-17-24(30)29-13-10-20-7-3-4-8-21(20)18-29)28-14-11-22(12-15-28)32-19-23-9-5-6-16-31-23/h3-4,7-8,22-23H,2,5-6,9-19H2,1H3,(H,26,27). The minimum absolute atomic E-state index is 0.0978. The van der Waals surface area contributed by atoms with Gasteiger partial charge in [-0.15, -0.1) is 0 Å². The maximum Gasteiger partial charge on any atom is 0.244 e. The van der Waals surface area contributed by atoms with Gasteiger partial charge >= 0.3 is 0 Å². The summed E-state index contributed by atoms with van der Waals surface area (Å²) < 4.78 is 11.9. The quantitative estimate of drug-likeness (QED) is 0.542. The van der Waals surface area contributed by atoms with Gasteiger partial charge in [-0.2, -0.15) is 0 Å². The summed E-state index contributed by atoms with van der Waals surface area (Å²) >= 11 is 0. The van der Waals surface area contributed by atoms with Crippen LogP contribution >= 0.6 is 0 Å². The highest BCUT2D eigenvalue weighted by Crippen LogP contribution is 2.19. The summed E-state index contributed by atoms with van der Waals surface area (Å²) in [4.78, 5) is 21.7. The van der Waals surface area contributed by atoms with E-state index in [-0.39, 0.29) is 24.7 Å². The first kappa shape index (κ1) is 23.1. The zero-order chi connectivity index (χ0) is 22.2. The number of benzene rings is 1. The van der Waals surface area contributed by atoms with Crippen LogP contribution in [0.5, 0.6) is 0 Å². The maximum absolute atomic E-state index is 12.8. The van der Waals surface area contributed by atoms with Crippen LogP contribution in [-0.2, 0) is 27.2 Å². The Morgan fingerprint density at radius 3 is 2.69 bits per heavy atom. The van der Waals surface area contributed by atoms with E-state index >= 15 is 0 Å². The molecule has 0 aromatic heterocycles. The molecule has 176 valence electrons. The van der Waals surface area contributed by atoms with Crippen molar-refractivity contribution in [1.82, 2.24) is 15.1 Å². The monoisotopic (exact) mass is 442 g/mol. The van der Waals surface area contributed by atoms with Gasteiger partial charge in [0.2, 0.25) is 5.91 Å². The van der Waals surface area contributed by atoms with Crippen molar-refractivity contribution in [3.05, 3.63) is 35.4 Å². The zero-order valence-electron chi connectivity index (χ0n) is 19.4. The number of carbonyl (C=O) groups is 1. The second kappa shape index (κ2) is 11.7. The summed E-state index contributed by atoms with van der Waals surface area (Å²) in [7, 11) is 0. The second-order valence-corrected chi connectivity index (χ2v) is 9.01. The molecule has 32 heavy (non-hydrogen) atoms. The van der Waals surface area contributed by atoms with Gasteiger partial charge in [0.05, 0.1) is 18.8 Å². The summed E-state index contributed by atoms with van der Waals surface area (Å²) in [6.07, 6.45) is 6.98. The van der Waals surface area contributed by atoms with Gasteiger partial charge in [-0.1, -0.05) is 24.3 Å². The van der Waals surface area contributed by atoms with E-state index in [0.29, 0.717) is 13.2 Å². The van der Waals surface area contributed by atoms with Crippen molar-refractivity contribution in [2.75, 3.05) is 45.9 Å². The SMILES string of the molecule is CCNC(=NCC(=O)N1CCc2ccccc2C1)N1CCC(OCC2CCCCO2)CC1. The van der Waals surface area contributed by atoms with Crippen molar-refractivity contribution >= 4 is 11.9 Å². The van der Waals surface area contributed by atoms with E-state index in [2.05, 4.69) is 35.3 Å². The fraction of sp³-hybridized carbons (Fsp3) is 0.680. The van der Waals surface area contributed by atoms with Crippen LogP contribution in [0.4, 0.5) is 0 Å². The molecule has 1 N–H and O–H groups in total. The second-order valence-electron chi connectivity index (χ2n) is 9.01. The Balaban J connectivity index is 1.24. The number of rotatable bonds is 6. The predicted molar refractivity (Wildman–Crippen MR) is 126 cm³/mol. The summed E-state index contributed by atoms with van der Waals surface area (Å²) in [5, 5.41) is 3.37. The van der Waals surface area contributed by atoms with Crippen LogP contribution in [0, 0.1) is 0 Å². The molecule has 3 heterocycles. The Labute approximate surface area is 192 Å². The number of amides is 1. The molecule has 2 fully saturated rings. The third-order valence-corrected chi connectivity index (χ3v) is 6.72. The minimum Gasteiger partial charge on any atom is -0.376 e. The molecule has 0 bridgehead atoms. The summed E-state index contributed by atoms with van der Waals surface area (Å²) in [6.45, 7) is 7.90. The molecule has 2 saturated heterocycles. The van der Waals surface area contributed by atoms with Crippen molar-refractivity contribution in [2.24, 2.45) is 4.99 Å². The number of aliphatic imine (C=N–C) groups is 1. The van der Waals surface area contributed by atoms with Gasteiger partial charge in [0.25, 0.3) is 0 Å². The van der Waals surface area contributed by atoms with Gasteiger partial charge < -0.3 is 24.6 Å². The molecule has 1 aromatic carbocycles. The van der Waals surface area contributed by atoms with Crippen molar-refractivity contribution in [3.8, 4) is 0 Å². The predicted octanol–water partition coefficient (Wildman–Crippen LogP) is 2.59. The molecule has 0 aliphatic carbocycles. The highest BCUT2D eigenvalue weighted by Gasteiger charge is 2.25. The molecule has 1 aromatic rings. The molecule has 4 rings (SSSR count). The van der Waals surface area contributed by atoms with E-state index in [0.717, 1.165) is 64.4 Å². The molecule has 3 aliphatic heterocycles. The highest BCUT2D eigenvalue weighted by atomic mass is 16.5. The Hall–Kier alpha value is -2.12.